The molecule has 0 aromatic heterocycles. The SMILES string of the molecule is O=C1NC(=O)C2CCC=CC12.[CaH2]. The van der Waals surface area contributed by atoms with E-state index in [2.05, 4.69) is 5.32 Å². The van der Waals surface area contributed by atoms with E-state index in [1.807, 2.05) is 12.2 Å². The molecule has 2 unspecified atom stereocenters. The minimum atomic E-state index is -0.170. The Bertz CT molecular complexity index is 249. The Balaban J connectivity index is 0.000000720. The Morgan fingerprint density at radius 2 is 2.08 bits per heavy atom. The number of nitrogens with one attached hydrogen (secondary N) is 1. The molecule has 0 bridgehead atoms. The molecular weight excluding hydrogens is 182 g/mol. The van der Waals surface area contributed by atoms with Crippen molar-refractivity contribution in [3.8, 4) is 0 Å². The molecule has 0 spiro atoms. The third-order valence-corrected chi connectivity index (χ3v) is 2.31. The minimum absolute atomic E-state index is 0. The van der Waals surface area contributed by atoms with Gasteiger partial charge < -0.3 is 0 Å². The van der Waals surface area contributed by atoms with Crippen LogP contribution in [0.5, 0.6) is 0 Å². The van der Waals surface area contributed by atoms with Gasteiger partial charge in [0, 0.05) is 0 Å². The molecule has 0 aromatic rings. The van der Waals surface area contributed by atoms with Crippen molar-refractivity contribution in [2.75, 3.05) is 0 Å². The Morgan fingerprint density at radius 1 is 1.33 bits per heavy atom. The van der Waals surface area contributed by atoms with Crippen LogP contribution in [-0.2, 0) is 9.59 Å². The standard InChI is InChI=1S/C8H9NO2.Ca.2H/c10-7-5-3-1-2-4-6(5)8(11)9-7;;;/h1,3,5-6H,2,4H2,(H,9,10,11);;;. The van der Waals surface area contributed by atoms with E-state index in [0.29, 0.717) is 0 Å². The maximum atomic E-state index is 11.1. The van der Waals surface area contributed by atoms with E-state index >= 15 is 0 Å². The van der Waals surface area contributed by atoms with Gasteiger partial charge in [0.25, 0.3) is 0 Å². The monoisotopic (exact) mass is 193 g/mol. The van der Waals surface area contributed by atoms with Crippen molar-refractivity contribution in [1.29, 1.82) is 0 Å². The van der Waals surface area contributed by atoms with Gasteiger partial charge in [-0.1, -0.05) is 12.2 Å². The van der Waals surface area contributed by atoms with Gasteiger partial charge in [0.2, 0.25) is 11.8 Å². The van der Waals surface area contributed by atoms with Gasteiger partial charge in [-0.3, -0.25) is 14.9 Å². The number of carbonyl (C=O) groups excluding carboxylic acids is 2. The van der Waals surface area contributed by atoms with Crippen molar-refractivity contribution in [3.63, 3.8) is 0 Å². The third-order valence-electron chi connectivity index (χ3n) is 2.31. The summed E-state index contributed by atoms with van der Waals surface area (Å²) in [6, 6.07) is 0. The summed E-state index contributed by atoms with van der Waals surface area (Å²) in [7, 11) is 0. The van der Waals surface area contributed by atoms with Gasteiger partial charge in [0.15, 0.2) is 0 Å². The molecule has 62 valence electrons. The summed E-state index contributed by atoms with van der Waals surface area (Å²) in [5.41, 5.74) is 0. The zero-order valence-electron chi connectivity index (χ0n) is 6.04. The first-order valence-corrected chi connectivity index (χ1v) is 3.80. The number of rotatable bonds is 0. The first-order chi connectivity index (χ1) is 5.29. The number of fused-ring (bicyclic) bond motifs is 1. The fourth-order valence-electron chi connectivity index (χ4n) is 1.69. The summed E-state index contributed by atoms with van der Waals surface area (Å²) >= 11 is 0. The van der Waals surface area contributed by atoms with E-state index in [-0.39, 0.29) is 61.4 Å². The van der Waals surface area contributed by atoms with Crippen LogP contribution in [0.15, 0.2) is 12.2 Å². The van der Waals surface area contributed by atoms with Crippen LogP contribution in [0.25, 0.3) is 0 Å². The summed E-state index contributed by atoms with van der Waals surface area (Å²) in [5, 5.41) is 2.33. The van der Waals surface area contributed by atoms with E-state index in [1.165, 1.54) is 0 Å². The first-order valence-electron chi connectivity index (χ1n) is 3.80. The average Bonchev–Trinajstić information content (AvgIpc) is 2.30. The molecule has 2 amide bonds. The zero-order chi connectivity index (χ0) is 7.84. The summed E-state index contributed by atoms with van der Waals surface area (Å²) < 4.78 is 0. The van der Waals surface area contributed by atoms with Gasteiger partial charge in [0.1, 0.15) is 0 Å². The van der Waals surface area contributed by atoms with E-state index in [9.17, 15) is 9.59 Å². The summed E-state index contributed by atoms with van der Waals surface area (Å²) in [6.07, 6.45) is 5.55. The zero-order valence-corrected chi connectivity index (χ0v) is 6.04. The summed E-state index contributed by atoms with van der Waals surface area (Å²) in [6.45, 7) is 0. The number of imide groups is 1. The van der Waals surface area contributed by atoms with Crippen molar-refractivity contribution in [1.82, 2.24) is 5.32 Å². The van der Waals surface area contributed by atoms with Gasteiger partial charge >= 0.3 is 37.7 Å². The molecule has 0 radical (unpaired) electrons. The molecule has 12 heavy (non-hydrogen) atoms. The van der Waals surface area contributed by atoms with Crippen molar-refractivity contribution in [3.05, 3.63) is 12.2 Å². The third kappa shape index (κ3) is 1.58. The van der Waals surface area contributed by atoms with Crippen LogP contribution in [0.2, 0.25) is 0 Å². The van der Waals surface area contributed by atoms with E-state index in [1.54, 1.807) is 0 Å². The molecule has 0 saturated carbocycles. The van der Waals surface area contributed by atoms with E-state index in [0.717, 1.165) is 12.8 Å². The van der Waals surface area contributed by atoms with Crippen molar-refractivity contribution >= 4 is 49.6 Å². The number of amides is 2. The quantitative estimate of drug-likeness (QED) is 0.314. The predicted octanol–water partition coefficient (Wildman–Crippen LogP) is -0.691. The van der Waals surface area contributed by atoms with Crippen molar-refractivity contribution < 1.29 is 9.59 Å². The normalized spacial score (nSPS) is 32.3. The van der Waals surface area contributed by atoms with Crippen LogP contribution < -0.4 is 5.32 Å². The van der Waals surface area contributed by atoms with Gasteiger partial charge in [-0.25, -0.2) is 0 Å². The molecule has 2 aliphatic rings. The average molecular weight is 193 g/mol. The molecular formula is C8H11CaNO2. The Morgan fingerprint density at radius 3 is 2.75 bits per heavy atom. The number of allylic oxidation sites excluding steroid dienone is 1. The number of hydrogen-bond donors (Lipinski definition) is 1. The van der Waals surface area contributed by atoms with E-state index < -0.39 is 0 Å². The summed E-state index contributed by atoms with van der Waals surface area (Å²) in [5.74, 6) is -0.468. The topological polar surface area (TPSA) is 46.2 Å². The molecule has 2 atom stereocenters. The molecule has 1 aliphatic heterocycles. The van der Waals surface area contributed by atoms with Crippen molar-refractivity contribution in [2.24, 2.45) is 11.8 Å². The van der Waals surface area contributed by atoms with Crippen LogP contribution in [-0.4, -0.2) is 49.6 Å². The van der Waals surface area contributed by atoms with Crippen LogP contribution >= 0.6 is 0 Å². The second kappa shape index (κ2) is 3.90. The molecule has 1 saturated heterocycles. The van der Waals surface area contributed by atoms with Gasteiger partial charge in [-0.15, -0.1) is 0 Å². The second-order valence-electron chi connectivity index (χ2n) is 2.99. The van der Waals surface area contributed by atoms with Crippen LogP contribution in [0.1, 0.15) is 12.8 Å². The van der Waals surface area contributed by atoms with Gasteiger partial charge in [-0.05, 0) is 12.8 Å². The molecule has 1 heterocycles. The van der Waals surface area contributed by atoms with Crippen LogP contribution in [0, 0.1) is 11.8 Å². The summed E-state index contributed by atoms with van der Waals surface area (Å²) in [4.78, 5) is 22.1. The second-order valence-corrected chi connectivity index (χ2v) is 2.99. The molecule has 2 rings (SSSR count). The van der Waals surface area contributed by atoms with Gasteiger partial charge in [-0.2, -0.15) is 0 Å². The van der Waals surface area contributed by atoms with E-state index in [4.69, 9.17) is 0 Å². The number of hydrogen-bond acceptors (Lipinski definition) is 2. The number of carbonyl (C=O) groups is 2. The molecule has 1 fully saturated rings. The molecule has 1 N–H and O–H groups in total. The first kappa shape index (κ1) is 10.2. The predicted molar refractivity (Wildman–Crippen MR) is 47.0 cm³/mol. The van der Waals surface area contributed by atoms with Crippen LogP contribution in [0.4, 0.5) is 0 Å². The molecule has 0 aromatic carbocycles. The fraction of sp³-hybridized carbons (Fsp3) is 0.500. The van der Waals surface area contributed by atoms with Crippen LogP contribution in [0.3, 0.4) is 0 Å². The Labute approximate surface area is 101 Å². The maximum absolute atomic E-state index is 11.1. The molecule has 4 heteroatoms. The molecule has 3 nitrogen and oxygen atoms in total. The fourth-order valence-corrected chi connectivity index (χ4v) is 1.69. The molecule has 1 aliphatic carbocycles. The Hall–Kier alpha value is 0.140. The Kier molecular flexibility index (Phi) is 3.32. The van der Waals surface area contributed by atoms with Crippen molar-refractivity contribution in [2.45, 2.75) is 12.8 Å². The van der Waals surface area contributed by atoms with Gasteiger partial charge in [0.05, 0.1) is 11.8 Å².